The molecule has 0 bridgehead atoms. The molecule has 0 aliphatic carbocycles. The molecule has 0 aliphatic rings. The Morgan fingerprint density at radius 3 is 2.45 bits per heavy atom. The molecule has 0 spiro atoms. The molecule has 2 aromatic carbocycles. The molecule has 0 saturated heterocycles. The molecule has 5 nitrogen and oxygen atoms in total. The van der Waals surface area contributed by atoms with Gasteiger partial charge in [-0.25, -0.2) is 4.85 Å². The maximum atomic E-state index is 7.13. The minimum Gasteiger partial charge on any atom is -0.490 e. The summed E-state index contributed by atoms with van der Waals surface area (Å²) in [7, 11) is 0. The highest BCUT2D eigenvalue weighted by atomic mass is 16.5. The number of benzene rings is 2. The first-order valence-corrected chi connectivity index (χ1v) is 9.69. The van der Waals surface area contributed by atoms with E-state index in [2.05, 4.69) is 15.1 Å². The monoisotopic (exact) mass is 387 g/mol. The van der Waals surface area contributed by atoms with Crippen LogP contribution in [-0.4, -0.2) is 17.7 Å². The lowest BCUT2D eigenvalue weighted by atomic mass is 10.0. The van der Waals surface area contributed by atoms with E-state index >= 15 is 0 Å². The third-order valence-corrected chi connectivity index (χ3v) is 4.25. The summed E-state index contributed by atoms with van der Waals surface area (Å²) in [5.74, 6) is 1.44. The van der Waals surface area contributed by atoms with E-state index in [0.717, 1.165) is 22.7 Å². The van der Waals surface area contributed by atoms with Gasteiger partial charge in [-0.1, -0.05) is 24.3 Å². The zero-order valence-corrected chi connectivity index (χ0v) is 16.9. The van der Waals surface area contributed by atoms with Crippen LogP contribution >= 0.6 is 0 Å². The molecular weight excluding hydrogens is 362 g/mol. The van der Waals surface area contributed by atoms with Gasteiger partial charge in [-0.05, 0) is 62.7 Å². The van der Waals surface area contributed by atoms with Gasteiger partial charge in [-0.3, -0.25) is 4.98 Å². The molecule has 0 aliphatic heterocycles. The summed E-state index contributed by atoms with van der Waals surface area (Å²) < 4.78 is 11.7. The van der Waals surface area contributed by atoms with Crippen molar-refractivity contribution in [2.45, 2.75) is 32.9 Å². The molecular formula is C24H25N3O2. The average molecular weight is 387 g/mol. The Morgan fingerprint density at radius 2 is 1.83 bits per heavy atom. The van der Waals surface area contributed by atoms with Gasteiger partial charge in [0, 0.05) is 11.9 Å². The third kappa shape index (κ3) is 5.26. The topological polar surface area (TPSA) is 47.7 Å². The van der Waals surface area contributed by atoms with Gasteiger partial charge >= 0.3 is 0 Å². The van der Waals surface area contributed by atoms with Gasteiger partial charge < -0.3 is 14.8 Å². The lowest BCUT2D eigenvalue weighted by Gasteiger charge is -2.22. The number of aromatic nitrogens is 1. The van der Waals surface area contributed by atoms with E-state index in [0.29, 0.717) is 18.0 Å². The van der Waals surface area contributed by atoms with E-state index < -0.39 is 0 Å². The third-order valence-electron chi connectivity index (χ3n) is 4.25. The summed E-state index contributed by atoms with van der Waals surface area (Å²) in [6, 6.07) is 19.1. The van der Waals surface area contributed by atoms with Gasteiger partial charge in [0.15, 0.2) is 17.2 Å². The Morgan fingerprint density at radius 1 is 1.03 bits per heavy atom. The highest BCUT2D eigenvalue weighted by Crippen LogP contribution is 2.34. The molecule has 3 aromatic rings. The van der Waals surface area contributed by atoms with Gasteiger partial charge in [0.2, 0.25) is 0 Å². The van der Waals surface area contributed by atoms with Crippen molar-refractivity contribution in [3.63, 3.8) is 0 Å². The first-order chi connectivity index (χ1) is 14.1. The largest absolute Gasteiger partial charge is 0.490 e. The fourth-order valence-electron chi connectivity index (χ4n) is 3.00. The highest BCUT2D eigenvalue weighted by Gasteiger charge is 2.18. The fourth-order valence-corrected chi connectivity index (χ4v) is 3.00. The van der Waals surface area contributed by atoms with Crippen molar-refractivity contribution in [1.82, 2.24) is 4.98 Å². The zero-order valence-electron chi connectivity index (χ0n) is 16.9. The van der Waals surface area contributed by atoms with E-state index in [1.807, 2.05) is 69.3 Å². The van der Waals surface area contributed by atoms with Crippen LogP contribution in [0.1, 0.15) is 38.1 Å². The number of pyridine rings is 1. The average Bonchev–Trinajstić information content (AvgIpc) is 2.74. The molecule has 1 atom stereocenters. The van der Waals surface area contributed by atoms with Crippen molar-refractivity contribution >= 4 is 11.4 Å². The fraction of sp³-hybridized carbons (Fsp3) is 0.250. The zero-order chi connectivity index (χ0) is 20.6. The van der Waals surface area contributed by atoms with Gasteiger partial charge in [0.05, 0.1) is 31.0 Å². The number of ether oxygens (including phenoxy) is 2. The summed E-state index contributed by atoms with van der Waals surface area (Å²) in [5.41, 5.74) is 3.42. The summed E-state index contributed by atoms with van der Waals surface area (Å²) >= 11 is 0. The lowest BCUT2D eigenvalue weighted by molar-refractivity contribution is 0.223. The van der Waals surface area contributed by atoms with Crippen LogP contribution in [0.25, 0.3) is 4.85 Å². The molecule has 0 amide bonds. The van der Waals surface area contributed by atoms with E-state index in [4.69, 9.17) is 16.0 Å². The summed E-state index contributed by atoms with van der Waals surface area (Å²) in [6.07, 6.45) is 1.84. The van der Waals surface area contributed by atoms with Crippen LogP contribution in [0.5, 0.6) is 11.5 Å². The molecule has 148 valence electrons. The van der Waals surface area contributed by atoms with Crippen molar-refractivity contribution in [2.24, 2.45) is 0 Å². The Bertz CT molecular complexity index is 964. The van der Waals surface area contributed by atoms with Crippen molar-refractivity contribution in [1.29, 1.82) is 0 Å². The van der Waals surface area contributed by atoms with Gasteiger partial charge in [0.25, 0.3) is 0 Å². The van der Waals surface area contributed by atoms with Crippen LogP contribution in [0.3, 0.4) is 0 Å². The first kappa shape index (κ1) is 20.2. The van der Waals surface area contributed by atoms with Crippen LogP contribution in [-0.2, 0) is 0 Å². The highest BCUT2D eigenvalue weighted by molar-refractivity contribution is 5.56. The van der Waals surface area contributed by atoms with Crippen molar-refractivity contribution in [3.05, 3.63) is 89.5 Å². The summed E-state index contributed by atoms with van der Waals surface area (Å²) in [6.45, 7) is 13.6. The SMILES string of the molecule is [C-]#[N+]c1ccc(NC(c2ccc(OC(C)C)c(OCC)c2)c2ccccn2)cc1. The molecule has 5 heteroatoms. The standard InChI is InChI=1S/C24H25N3O2/c1-5-28-23-16-18(9-14-22(23)29-17(2)3)24(21-8-6-7-15-26-21)27-20-12-10-19(25-4)11-13-20/h6-17,24,27H,5H2,1-3H3. The van der Waals surface area contributed by atoms with Crippen LogP contribution in [0.2, 0.25) is 0 Å². The summed E-state index contributed by atoms with van der Waals surface area (Å²) in [4.78, 5) is 8.00. The maximum Gasteiger partial charge on any atom is 0.187 e. The molecule has 1 N–H and O–H groups in total. The van der Waals surface area contributed by atoms with Gasteiger partial charge in [-0.15, -0.1) is 0 Å². The predicted molar refractivity (Wildman–Crippen MR) is 116 cm³/mol. The second-order valence-electron chi connectivity index (χ2n) is 6.80. The normalized spacial score (nSPS) is 11.6. The first-order valence-electron chi connectivity index (χ1n) is 9.69. The maximum absolute atomic E-state index is 7.13. The molecule has 0 saturated carbocycles. The number of anilines is 1. The van der Waals surface area contributed by atoms with E-state index in [9.17, 15) is 0 Å². The number of rotatable bonds is 8. The molecule has 29 heavy (non-hydrogen) atoms. The van der Waals surface area contributed by atoms with E-state index in [-0.39, 0.29) is 12.1 Å². The molecule has 1 heterocycles. The van der Waals surface area contributed by atoms with Crippen molar-refractivity contribution < 1.29 is 9.47 Å². The van der Waals surface area contributed by atoms with E-state index in [1.165, 1.54) is 0 Å². The minimum absolute atomic E-state index is 0.0609. The molecule has 1 unspecified atom stereocenters. The molecule has 3 rings (SSSR count). The number of hydrogen-bond donors (Lipinski definition) is 1. The Hall–Kier alpha value is -3.52. The Labute approximate surface area is 172 Å². The summed E-state index contributed by atoms with van der Waals surface area (Å²) in [5, 5.41) is 3.53. The minimum atomic E-state index is -0.178. The number of hydrogen-bond acceptors (Lipinski definition) is 4. The Balaban J connectivity index is 1.99. The van der Waals surface area contributed by atoms with Gasteiger partial charge in [0.1, 0.15) is 0 Å². The molecule has 1 aromatic heterocycles. The van der Waals surface area contributed by atoms with Crippen LogP contribution < -0.4 is 14.8 Å². The van der Waals surface area contributed by atoms with Crippen LogP contribution in [0.4, 0.5) is 11.4 Å². The van der Waals surface area contributed by atoms with Crippen molar-refractivity contribution in [2.75, 3.05) is 11.9 Å². The van der Waals surface area contributed by atoms with Crippen LogP contribution in [0.15, 0.2) is 66.9 Å². The quantitative estimate of drug-likeness (QED) is 0.480. The van der Waals surface area contributed by atoms with E-state index in [1.54, 1.807) is 18.3 Å². The van der Waals surface area contributed by atoms with Gasteiger partial charge in [-0.2, -0.15) is 0 Å². The molecule has 0 radical (unpaired) electrons. The van der Waals surface area contributed by atoms with Crippen LogP contribution in [0, 0.1) is 6.57 Å². The predicted octanol–water partition coefficient (Wildman–Crippen LogP) is 6.02. The lowest BCUT2D eigenvalue weighted by Crippen LogP contribution is -2.14. The Kier molecular flexibility index (Phi) is 6.70. The number of nitrogens with zero attached hydrogens (tertiary/aromatic N) is 2. The second-order valence-corrected chi connectivity index (χ2v) is 6.80. The number of nitrogens with one attached hydrogen (secondary N) is 1. The second kappa shape index (κ2) is 9.61. The smallest absolute Gasteiger partial charge is 0.187 e. The van der Waals surface area contributed by atoms with Crippen molar-refractivity contribution in [3.8, 4) is 11.5 Å². The molecule has 0 fully saturated rings.